The monoisotopic (exact) mass is 336 g/mol. The molecule has 0 radical (unpaired) electrons. The number of fused-ring (bicyclic) bond motifs is 3. The van der Waals surface area contributed by atoms with Crippen molar-refractivity contribution < 1.29 is 4.79 Å². The molecule has 0 aliphatic rings. The van der Waals surface area contributed by atoms with Gasteiger partial charge in [0.25, 0.3) is 0 Å². The number of Topliss-reactive ketones (excluding diaryl/α,β-unsaturated/α-hetero) is 1. The molecule has 0 N–H and O–H groups in total. The van der Waals surface area contributed by atoms with Gasteiger partial charge in [0.05, 0.1) is 17.0 Å². The van der Waals surface area contributed by atoms with Crippen LogP contribution in [0, 0.1) is 6.92 Å². The van der Waals surface area contributed by atoms with Gasteiger partial charge in [0.1, 0.15) is 0 Å². The second-order valence-electron chi connectivity index (χ2n) is 5.74. The lowest BCUT2D eigenvalue weighted by atomic mass is 10.1. The first-order chi connectivity index (χ1) is 11.6. The van der Waals surface area contributed by atoms with E-state index in [0.717, 1.165) is 16.3 Å². The van der Waals surface area contributed by atoms with E-state index in [1.54, 1.807) is 0 Å². The number of nitrogens with zero attached hydrogens (tertiary/aromatic N) is 4. The third-order valence-corrected chi connectivity index (χ3v) is 5.06. The summed E-state index contributed by atoms with van der Waals surface area (Å²) in [5.74, 6) is 0.418. The summed E-state index contributed by atoms with van der Waals surface area (Å²) < 4.78 is 3.86. The highest BCUT2D eigenvalue weighted by molar-refractivity contribution is 7.99. The van der Waals surface area contributed by atoms with E-state index >= 15 is 0 Å². The van der Waals surface area contributed by atoms with E-state index < -0.39 is 0 Å². The Morgan fingerprint density at radius 1 is 1.17 bits per heavy atom. The third-order valence-electron chi connectivity index (χ3n) is 4.14. The summed E-state index contributed by atoms with van der Waals surface area (Å²) in [5.41, 5.74) is 3.74. The summed E-state index contributed by atoms with van der Waals surface area (Å²) in [4.78, 5) is 12.4. The molecule has 0 unspecified atom stereocenters. The molecule has 24 heavy (non-hydrogen) atoms. The van der Waals surface area contributed by atoms with Gasteiger partial charge >= 0.3 is 0 Å². The maximum atomic E-state index is 12.4. The van der Waals surface area contributed by atoms with Crippen molar-refractivity contribution in [2.24, 2.45) is 7.05 Å². The maximum absolute atomic E-state index is 12.4. The summed E-state index contributed by atoms with van der Waals surface area (Å²) in [6, 6.07) is 13.9. The van der Waals surface area contributed by atoms with E-state index in [2.05, 4.69) is 29.3 Å². The highest BCUT2D eigenvalue weighted by atomic mass is 32.2. The summed E-state index contributed by atoms with van der Waals surface area (Å²) in [6.45, 7) is 2.07. The van der Waals surface area contributed by atoms with Crippen LogP contribution < -0.4 is 0 Å². The van der Waals surface area contributed by atoms with Gasteiger partial charge in [-0.1, -0.05) is 30.0 Å². The van der Waals surface area contributed by atoms with Gasteiger partial charge in [-0.2, -0.15) is 0 Å². The van der Waals surface area contributed by atoms with E-state index in [0.29, 0.717) is 11.4 Å². The fraction of sp³-hybridized carbons (Fsp3) is 0.167. The Kier molecular flexibility index (Phi) is 3.61. The molecule has 0 aliphatic carbocycles. The first kappa shape index (κ1) is 15.0. The molecule has 0 aliphatic heterocycles. The zero-order chi connectivity index (χ0) is 16.7. The lowest BCUT2D eigenvalue weighted by molar-refractivity contribution is 0.101. The number of hydrogen-bond donors (Lipinski definition) is 0. The standard InChI is InChI=1S/C18H16N4OS/c1-12-10-17-19-20-18(22(17)14-7-4-3-6-13(12)14)24-11-16(23)15-8-5-9-21(15)2/h3-10H,11H2,1-2H3. The predicted molar refractivity (Wildman–Crippen MR) is 95.7 cm³/mol. The van der Waals surface area contributed by atoms with Crippen molar-refractivity contribution in [2.45, 2.75) is 12.1 Å². The molecule has 1 aromatic carbocycles. The molecule has 0 saturated carbocycles. The fourth-order valence-electron chi connectivity index (χ4n) is 2.92. The molecule has 3 aromatic heterocycles. The van der Waals surface area contributed by atoms with Gasteiger partial charge in [-0.25, -0.2) is 0 Å². The molecule has 4 aromatic rings. The SMILES string of the molecule is Cc1cc2nnc(SCC(=O)c3cccn3C)n2c2ccccc12. The molecular formula is C18H16N4OS. The lowest BCUT2D eigenvalue weighted by Gasteiger charge is -2.07. The van der Waals surface area contributed by atoms with Gasteiger partial charge in [-0.3, -0.25) is 9.20 Å². The van der Waals surface area contributed by atoms with Crippen LogP contribution in [-0.4, -0.2) is 30.7 Å². The molecule has 0 spiro atoms. The predicted octanol–water partition coefficient (Wildman–Crippen LogP) is 3.50. The highest BCUT2D eigenvalue weighted by Gasteiger charge is 2.15. The van der Waals surface area contributed by atoms with E-state index in [9.17, 15) is 4.79 Å². The zero-order valence-electron chi connectivity index (χ0n) is 13.4. The van der Waals surface area contributed by atoms with Crippen LogP contribution in [0.25, 0.3) is 16.6 Å². The summed E-state index contributed by atoms with van der Waals surface area (Å²) >= 11 is 1.42. The summed E-state index contributed by atoms with van der Waals surface area (Å²) in [5, 5.41) is 10.4. The summed E-state index contributed by atoms with van der Waals surface area (Å²) in [6.07, 6.45) is 1.88. The number of aryl methyl sites for hydroxylation is 2. The minimum Gasteiger partial charge on any atom is -0.348 e. The molecular weight excluding hydrogens is 320 g/mol. The Hall–Kier alpha value is -2.60. The van der Waals surface area contributed by atoms with Crippen molar-refractivity contribution in [2.75, 3.05) is 5.75 Å². The van der Waals surface area contributed by atoms with E-state index in [4.69, 9.17) is 0 Å². The average Bonchev–Trinajstić information content (AvgIpc) is 3.19. The number of para-hydroxylation sites is 1. The van der Waals surface area contributed by atoms with Crippen LogP contribution >= 0.6 is 11.8 Å². The molecule has 0 bridgehead atoms. The lowest BCUT2D eigenvalue weighted by Crippen LogP contribution is -2.08. The third kappa shape index (κ3) is 2.39. The molecule has 0 amide bonds. The van der Waals surface area contributed by atoms with Crippen LogP contribution in [-0.2, 0) is 7.05 Å². The van der Waals surface area contributed by atoms with Gasteiger partial charge in [0.15, 0.2) is 16.6 Å². The molecule has 4 rings (SSSR count). The van der Waals surface area contributed by atoms with Crippen LogP contribution in [0.1, 0.15) is 16.1 Å². The number of rotatable bonds is 4. The molecule has 0 fully saturated rings. The minimum absolute atomic E-state index is 0.0840. The van der Waals surface area contributed by atoms with Gasteiger partial charge in [0, 0.05) is 18.6 Å². The van der Waals surface area contributed by atoms with E-state index in [-0.39, 0.29) is 5.78 Å². The van der Waals surface area contributed by atoms with Crippen LogP contribution in [0.15, 0.2) is 53.8 Å². The number of thioether (sulfide) groups is 1. The van der Waals surface area contributed by atoms with E-state index in [1.165, 1.54) is 22.7 Å². The highest BCUT2D eigenvalue weighted by Crippen LogP contribution is 2.26. The second kappa shape index (κ2) is 5.79. The van der Waals surface area contributed by atoms with Crippen LogP contribution in [0.2, 0.25) is 0 Å². The number of aromatic nitrogens is 4. The number of carbonyl (C=O) groups is 1. The van der Waals surface area contributed by atoms with Crippen molar-refractivity contribution in [3.8, 4) is 0 Å². The van der Waals surface area contributed by atoms with Gasteiger partial charge in [0.2, 0.25) is 0 Å². The molecule has 6 heteroatoms. The van der Waals surface area contributed by atoms with Crippen molar-refractivity contribution >= 4 is 34.1 Å². The first-order valence-electron chi connectivity index (χ1n) is 7.66. The van der Waals surface area contributed by atoms with Gasteiger partial charge in [-0.15, -0.1) is 10.2 Å². The molecule has 3 heterocycles. The Morgan fingerprint density at radius 2 is 2.00 bits per heavy atom. The van der Waals surface area contributed by atoms with Crippen LogP contribution in [0.5, 0.6) is 0 Å². The number of ketones is 1. The molecule has 0 atom stereocenters. The van der Waals surface area contributed by atoms with Crippen molar-refractivity contribution in [3.63, 3.8) is 0 Å². The Labute approximate surface area is 143 Å². The topological polar surface area (TPSA) is 52.2 Å². The molecule has 120 valence electrons. The number of pyridine rings is 1. The Balaban J connectivity index is 1.71. The fourth-order valence-corrected chi connectivity index (χ4v) is 3.75. The van der Waals surface area contributed by atoms with Crippen molar-refractivity contribution in [1.82, 2.24) is 19.2 Å². The molecule has 5 nitrogen and oxygen atoms in total. The minimum atomic E-state index is 0.0840. The number of hydrogen-bond acceptors (Lipinski definition) is 4. The maximum Gasteiger partial charge on any atom is 0.196 e. The second-order valence-corrected chi connectivity index (χ2v) is 6.68. The largest absolute Gasteiger partial charge is 0.348 e. The van der Waals surface area contributed by atoms with Crippen LogP contribution in [0.3, 0.4) is 0 Å². The Bertz CT molecular complexity index is 1060. The van der Waals surface area contributed by atoms with Gasteiger partial charge in [-0.05, 0) is 36.8 Å². The normalized spacial score (nSPS) is 11.4. The number of carbonyl (C=O) groups excluding carboxylic acids is 1. The molecule has 0 saturated heterocycles. The van der Waals surface area contributed by atoms with E-state index in [1.807, 2.05) is 52.5 Å². The smallest absolute Gasteiger partial charge is 0.196 e. The number of benzene rings is 1. The quantitative estimate of drug-likeness (QED) is 0.423. The van der Waals surface area contributed by atoms with Gasteiger partial charge < -0.3 is 4.57 Å². The van der Waals surface area contributed by atoms with Crippen molar-refractivity contribution in [3.05, 3.63) is 59.9 Å². The Morgan fingerprint density at radius 3 is 2.79 bits per heavy atom. The summed E-state index contributed by atoms with van der Waals surface area (Å²) in [7, 11) is 1.88. The van der Waals surface area contributed by atoms with Crippen molar-refractivity contribution in [1.29, 1.82) is 0 Å². The van der Waals surface area contributed by atoms with Crippen LogP contribution in [0.4, 0.5) is 0 Å². The first-order valence-corrected chi connectivity index (χ1v) is 8.64. The zero-order valence-corrected chi connectivity index (χ0v) is 14.2. The average molecular weight is 336 g/mol.